The maximum Gasteiger partial charge on any atom is 0.343 e. The molecule has 1 aromatic rings. The van der Waals surface area contributed by atoms with E-state index < -0.39 is 5.97 Å². The van der Waals surface area contributed by atoms with E-state index in [1.54, 1.807) is 6.07 Å². The summed E-state index contributed by atoms with van der Waals surface area (Å²) in [5, 5.41) is 9.08. The first-order valence-electron chi connectivity index (χ1n) is 4.69. The van der Waals surface area contributed by atoms with Gasteiger partial charge in [0.1, 0.15) is 30.3 Å². The van der Waals surface area contributed by atoms with Crippen LogP contribution in [-0.2, 0) is 0 Å². The molecule has 86 valence electrons. The van der Waals surface area contributed by atoms with E-state index in [-0.39, 0.29) is 30.3 Å². The molecule has 0 saturated heterocycles. The Hall–Kier alpha value is -2.59. The Kier molecular flexibility index (Phi) is 4.47. The number of benzene rings is 1. The summed E-state index contributed by atoms with van der Waals surface area (Å²) in [6, 6.07) is 4.61. The summed E-state index contributed by atoms with van der Waals surface area (Å²) < 4.78 is 10.2. The molecule has 1 aromatic carbocycles. The normalized spacial score (nSPS) is 8.82. The summed E-state index contributed by atoms with van der Waals surface area (Å²) in [5.41, 5.74) is -0.0852. The zero-order valence-corrected chi connectivity index (χ0v) is 8.97. The number of ether oxygens (including phenoxy) is 2. The number of hydrogen-bond donors (Lipinski definition) is 1. The maximum absolute atomic E-state index is 11.1. The van der Waals surface area contributed by atoms with Crippen LogP contribution in [0.15, 0.2) is 18.2 Å². The topological polar surface area (TPSA) is 55.8 Å². The second-order valence-electron chi connectivity index (χ2n) is 2.92. The minimum absolute atomic E-state index is 0.0150. The molecule has 4 nitrogen and oxygen atoms in total. The molecule has 0 radical (unpaired) electrons. The molecule has 0 aliphatic carbocycles. The lowest BCUT2D eigenvalue weighted by molar-refractivity contribution is 0.0688. The summed E-state index contributed by atoms with van der Waals surface area (Å²) in [7, 11) is 0. The second-order valence-corrected chi connectivity index (χ2v) is 2.92. The highest BCUT2D eigenvalue weighted by Gasteiger charge is 2.17. The lowest BCUT2D eigenvalue weighted by Crippen LogP contribution is -2.07. The molecule has 0 atom stereocenters. The van der Waals surface area contributed by atoms with Crippen molar-refractivity contribution in [3.63, 3.8) is 0 Å². The van der Waals surface area contributed by atoms with Crippen LogP contribution in [-0.4, -0.2) is 24.3 Å². The second kappa shape index (κ2) is 6.09. The van der Waals surface area contributed by atoms with Gasteiger partial charge in [-0.1, -0.05) is 17.9 Å². The van der Waals surface area contributed by atoms with E-state index >= 15 is 0 Å². The SMILES string of the molecule is C#CCOc1cccc(OCC#C)c1C(=O)O. The van der Waals surface area contributed by atoms with Crippen molar-refractivity contribution in [2.24, 2.45) is 0 Å². The number of carboxylic acid groups (broad SMARTS) is 1. The third-order valence-corrected chi connectivity index (χ3v) is 1.82. The van der Waals surface area contributed by atoms with Crippen LogP contribution in [0, 0.1) is 24.7 Å². The van der Waals surface area contributed by atoms with Gasteiger partial charge in [-0.25, -0.2) is 4.79 Å². The van der Waals surface area contributed by atoms with E-state index in [4.69, 9.17) is 27.4 Å². The minimum Gasteiger partial charge on any atom is -0.480 e. The molecular weight excluding hydrogens is 220 g/mol. The van der Waals surface area contributed by atoms with Crippen LogP contribution in [0.25, 0.3) is 0 Å². The Morgan fingerprint density at radius 1 is 1.18 bits per heavy atom. The van der Waals surface area contributed by atoms with Crippen molar-refractivity contribution >= 4 is 5.97 Å². The van der Waals surface area contributed by atoms with E-state index in [0.29, 0.717) is 0 Å². The van der Waals surface area contributed by atoms with E-state index in [1.165, 1.54) is 12.1 Å². The van der Waals surface area contributed by atoms with E-state index in [1.807, 2.05) is 0 Å². The van der Waals surface area contributed by atoms with Crippen LogP contribution in [0.2, 0.25) is 0 Å². The molecule has 0 unspecified atom stereocenters. The molecule has 0 spiro atoms. The third kappa shape index (κ3) is 3.19. The van der Waals surface area contributed by atoms with Crippen LogP contribution in [0.3, 0.4) is 0 Å². The predicted molar refractivity (Wildman–Crippen MR) is 62.1 cm³/mol. The fourth-order valence-corrected chi connectivity index (χ4v) is 1.20. The number of terminal acetylenes is 2. The Morgan fingerprint density at radius 2 is 1.65 bits per heavy atom. The van der Waals surface area contributed by atoms with Gasteiger partial charge in [-0.15, -0.1) is 12.8 Å². The average molecular weight is 230 g/mol. The molecule has 0 aliphatic heterocycles. The largest absolute Gasteiger partial charge is 0.480 e. The van der Waals surface area contributed by atoms with Gasteiger partial charge in [-0.05, 0) is 12.1 Å². The van der Waals surface area contributed by atoms with Gasteiger partial charge in [0.2, 0.25) is 0 Å². The summed E-state index contributed by atoms with van der Waals surface area (Å²) in [6.45, 7) is -0.0300. The van der Waals surface area contributed by atoms with Crippen molar-refractivity contribution in [1.29, 1.82) is 0 Å². The van der Waals surface area contributed by atoms with Crippen LogP contribution in [0.5, 0.6) is 11.5 Å². The lowest BCUT2D eigenvalue weighted by atomic mass is 10.2. The van der Waals surface area contributed by atoms with Crippen molar-refractivity contribution in [3.8, 4) is 36.2 Å². The Balaban J connectivity index is 3.09. The standard InChI is InChI=1S/C13H10O4/c1-3-8-16-10-6-5-7-11(17-9-4-2)12(10)13(14)15/h1-2,5-7H,8-9H2,(H,14,15). The summed E-state index contributed by atoms with van der Waals surface area (Å²) >= 11 is 0. The van der Waals surface area contributed by atoms with Crippen LogP contribution < -0.4 is 9.47 Å². The zero-order valence-electron chi connectivity index (χ0n) is 8.97. The molecule has 0 amide bonds. The third-order valence-electron chi connectivity index (χ3n) is 1.82. The highest BCUT2D eigenvalue weighted by atomic mass is 16.5. The molecule has 4 heteroatoms. The van der Waals surface area contributed by atoms with Gasteiger partial charge in [0.05, 0.1) is 0 Å². The Labute approximate surface area is 99.2 Å². The quantitative estimate of drug-likeness (QED) is 0.777. The molecule has 0 fully saturated rings. The fourth-order valence-electron chi connectivity index (χ4n) is 1.20. The first-order chi connectivity index (χ1) is 8.20. The molecular formula is C13H10O4. The zero-order chi connectivity index (χ0) is 12.7. The number of aromatic carboxylic acids is 1. The Bertz CT molecular complexity index is 455. The van der Waals surface area contributed by atoms with Crippen molar-refractivity contribution in [2.75, 3.05) is 13.2 Å². The lowest BCUT2D eigenvalue weighted by Gasteiger charge is -2.11. The van der Waals surface area contributed by atoms with Gasteiger partial charge in [-0.2, -0.15) is 0 Å². The first-order valence-corrected chi connectivity index (χ1v) is 4.69. The molecule has 17 heavy (non-hydrogen) atoms. The van der Waals surface area contributed by atoms with Crippen molar-refractivity contribution in [1.82, 2.24) is 0 Å². The number of carbonyl (C=O) groups is 1. The number of hydrogen-bond acceptors (Lipinski definition) is 3. The van der Waals surface area contributed by atoms with Gasteiger partial charge in [-0.3, -0.25) is 0 Å². The van der Waals surface area contributed by atoms with Crippen LogP contribution in [0.1, 0.15) is 10.4 Å². The molecule has 0 aromatic heterocycles. The van der Waals surface area contributed by atoms with Gasteiger partial charge >= 0.3 is 5.97 Å². The van der Waals surface area contributed by atoms with Crippen molar-refractivity contribution < 1.29 is 19.4 Å². The highest BCUT2D eigenvalue weighted by molar-refractivity contribution is 5.94. The van der Waals surface area contributed by atoms with Crippen molar-refractivity contribution in [2.45, 2.75) is 0 Å². The molecule has 0 heterocycles. The van der Waals surface area contributed by atoms with Gasteiger partial charge in [0.25, 0.3) is 0 Å². The van der Waals surface area contributed by atoms with Gasteiger partial charge in [0, 0.05) is 0 Å². The summed E-state index contributed by atoms with van der Waals surface area (Å²) in [4.78, 5) is 11.1. The molecule has 1 N–H and O–H groups in total. The Morgan fingerprint density at radius 3 is 2.00 bits per heavy atom. The van der Waals surface area contributed by atoms with Crippen molar-refractivity contribution in [3.05, 3.63) is 23.8 Å². The van der Waals surface area contributed by atoms with Crippen LogP contribution >= 0.6 is 0 Å². The predicted octanol–water partition coefficient (Wildman–Crippen LogP) is 1.41. The smallest absolute Gasteiger partial charge is 0.343 e. The van der Waals surface area contributed by atoms with Gasteiger partial charge < -0.3 is 14.6 Å². The number of carboxylic acids is 1. The average Bonchev–Trinajstić information content (AvgIpc) is 2.33. The minimum atomic E-state index is -1.16. The molecule has 0 saturated carbocycles. The highest BCUT2D eigenvalue weighted by Crippen LogP contribution is 2.28. The molecule has 0 aliphatic rings. The van der Waals surface area contributed by atoms with Crippen LogP contribution in [0.4, 0.5) is 0 Å². The summed E-state index contributed by atoms with van der Waals surface area (Å²) in [6.07, 6.45) is 10.1. The number of rotatable bonds is 5. The van der Waals surface area contributed by atoms with E-state index in [2.05, 4.69) is 11.8 Å². The monoisotopic (exact) mass is 230 g/mol. The molecule has 1 rings (SSSR count). The van der Waals surface area contributed by atoms with Gasteiger partial charge in [0.15, 0.2) is 0 Å². The first kappa shape index (κ1) is 12.5. The van der Waals surface area contributed by atoms with E-state index in [9.17, 15) is 4.79 Å². The maximum atomic E-state index is 11.1. The summed E-state index contributed by atoms with van der Waals surface area (Å²) in [5.74, 6) is 3.67. The fraction of sp³-hybridized carbons (Fsp3) is 0.154. The molecule has 0 bridgehead atoms. The van der Waals surface area contributed by atoms with E-state index in [0.717, 1.165) is 0 Å².